The Bertz CT molecular complexity index is 993. The van der Waals surface area contributed by atoms with Crippen molar-refractivity contribution >= 4 is 39.7 Å². The molecule has 0 aliphatic carbocycles. The summed E-state index contributed by atoms with van der Waals surface area (Å²) in [7, 11) is -1.90. The second-order valence-corrected chi connectivity index (χ2v) is 8.67. The minimum absolute atomic E-state index is 0.0621. The van der Waals surface area contributed by atoms with Crippen molar-refractivity contribution in [2.24, 2.45) is 7.05 Å². The SMILES string of the molecule is Cn1c(CNC(=O)c2cc(S(=O)(=O)N3CCCC3)ccc2Cl)n[nH]c1=S. The van der Waals surface area contributed by atoms with Crippen molar-refractivity contribution in [3.63, 3.8) is 0 Å². The average Bonchev–Trinajstić information content (AvgIpc) is 3.25. The Labute approximate surface area is 161 Å². The highest BCUT2D eigenvalue weighted by Gasteiger charge is 2.28. The fourth-order valence-corrected chi connectivity index (χ4v) is 4.61. The van der Waals surface area contributed by atoms with Gasteiger partial charge in [0.1, 0.15) is 0 Å². The molecule has 1 aromatic heterocycles. The third-order valence-corrected chi connectivity index (χ3v) is 6.85. The minimum atomic E-state index is -3.62. The van der Waals surface area contributed by atoms with Crippen molar-refractivity contribution in [1.29, 1.82) is 0 Å². The number of halogens is 1. The van der Waals surface area contributed by atoms with E-state index in [-0.39, 0.29) is 22.0 Å². The van der Waals surface area contributed by atoms with Crippen LogP contribution in [0.2, 0.25) is 5.02 Å². The summed E-state index contributed by atoms with van der Waals surface area (Å²) in [5.41, 5.74) is 0.101. The molecule has 1 saturated heterocycles. The zero-order valence-corrected chi connectivity index (χ0v) is 16.4. The molecule has 0 saturated carbocycles. The topological polar surface area (TPSA) is 100 Å². The summed E-state index contributed by atoms with van der Waals surface area (Å²) in [6.07, 6.45) is 1.68. The number of carbonyl (C=O) groups excluding carboxylic acids is 1. The van der Waals surface area contributed by atoms with Gasteiger partial charge in [0.05, 0.1) is 22.0 Å². The summed E-state index contributed by atoms with van der Waals surface area (Å²) < 4.78 is 28.8. The Morgan fingerprint density at radius 2 is 2.08 bits per heavy atom. The molecule has 0 unspecified atom stereocenters. The Morgan fingerprint density at radius 3 is 2.69 bits per heavy atom. The zero-order valence-electron chi connectivity index (χ0n) is 14.0. The minimum Gasteiger partial charge on any atom is -0.345 e. The molecule has 0 bridgehead atoms. The maximum absolute atomic E-state index is 12.7. The van der Waals surface area contributed by atoms with Crippen LogP contribution in [-0.4, -0.2) is 46.5 Å². The molecule has 1 aliphatic heterocycles. The van der Waals surface area contributed by atoms with Gasteiger partial charge in [-0.05, 0) is 43.3 Å². The van der Waals surface area contributed by atoms with E-state index in [9.17, 15) is 13.2 Å². The summed E-state index contributed by atoms with van der Waals surface area (Å²) in [5.74, 6) is 0.0581. The number of benzene rings is 1. The Morgan fingerprint density at radius 1 is 1.38 bits per heavy atom. The number of nitrogens with one attached hydrogen (secondary N) is 2. The van der Waals surface area contributed by atoms with Crippen LogP contribution in [0.5, 0.6) is 0 Å². The van der Waals surface area contributed by atoms with Gasteiger partial charge in [0, 0.05) is 20.1 Å². The second kappa shape index (κ2) is 7.47. The molecular weight excluding hydrogens is 398 g/mol. The average molecular weight is 416 g/mol. The molecule has 140 valence electrons. The Hall–Kier alpha value is -1.75. The molecule has 1 aliphatic rings. The van der Waals surface area contributed by atoms with Crippen LogP contribution in [0.4, 0.5) is 0 Å². The van der Waals surface area contributed by atoms with Gasteiger partial charge in [-0.3, -0.25) is 9.89 Å². The van der Waals surface area contributed by atoms with Crippen LogP contribution < -0.4 is 5.32 Å². The van der Waals surface area contributed by atoms with Gasteiger partial charge in [-0.25, -0.2) is 8.42 Å². The molecule has 2 heterocycles. The summed E-state index contributed by atoms with van der Waals surface area (Å²) in [6, 6.07) is 4.16. The van der Waals surface area contributed by atoms with Crippen molar-refractivity contribution in [1.82, 2.24) is 24.4 Å². The van der Waals surface area contributed by atoms with Gasteiger partial charge in [0.2, 0.25) is 10.0 Å². The van der Waals surface area contributed by atoms with Crippen LogP contribution in [0.25, 0.3) is 0 Å². The van der Waals surface area contributed by atoms with Gasteiger partial charge in [-0.2, -0.15) is 9.40 Å². The predicted octanol–water partition coefficient (Wildman–Crippen LogP) is 1.85. The highest BCUT2D eigenvalue weighted by Crippen LogP contribution is 2.25. The largest absolute Gasteiger partial charge is 0.345 e. The van der Waals surface area contributed by atoms with Crippen LogP contribution in [0.1, 0.15) is 29.0 Å². The molecule has 2 aromatic rings. The van der Waals surface area contributed by atoms with Crippen LogP contribution in [0, 0.1) is 4.77 Å². The number of rotatable bonds is 5. The fraction of sp³-hybridized carbons (Fsp3) is 0.400. The maximum Gasteiger partial charge on any atom is 0.253 e. The van der Waals surface area contributed by atoms with Gasteiger partial charge < -0.3 is 9.88 Å². The van der Waals surface area contributed by atoms with Crippen LogP contribution >= 0.6 is 23.8 Å². The van der Waals surface area contributed by atoms with E-state index in [0.717, 1.165) is 12.8 Å². The first kappa shape index (κ1) is 19.0. The monoisotopic (exact) mass is 415 g/mol. The van der Waals surface area contributed by atoms with Gasteiger partial charge in [0.15, 0.2) is 10.6 Å². The maximum atomic E-state index is 12.7. The number of hydrogen-bond donors (Lipinski definition) is 2. The summed E-state index contributed by atoms with van der Waals surface area (Å²) in [4.78, 5) is 12.5. The van der Waals surface area contributed by atoms with Crippen molar-refractivity contribution in [3.05, 3.63) is 39.4 Å². The van der Waals surface area contributed by atoms with Crippen LogP contribution in [0.15, 0.2) is 23.1 Å². The van der Waals surface area contributed by atoms with E-state index in [1.807, 2.05) is 0 Å². The lowest BCUT2D eigenvalue weighted by Crippen LogP contribution is -2.29. The summed E-state index contributed by atoms with van der Waals surface area (Å²) in [5, 5.41) is 9.49. The van der Waals surface area contributed by atoms with Gasteiger partial charge in [0.25, 0.3) is 5.91 Å². The van der Waals surface area contributed by atoms with Gasteiger partial charge >= 0.3 is 0 Å². The molecule has 1 amide bonds. The van der Waals surface area contributed by atoms with Crippen molar-refractivity contribution in [3.8, 4) is 0 Å². The van der Waals surface area contributed by atoms with Crippen molar-refractivity contribution in [2.75, 3.05) is 13.1 Å². The number of nitrogens with zero attached hydrogens (tertiary/aromatic N) is 3. The molecular formula is C15H18ClN5O3S2. The molecule has 0 radical (unpaired) electrons. The van der Waals surface area contributed by atoms with E-state index in [2.05, 4.69) is 15.5 Å². The van der Waals surface area contributed by atoms with E-state index in [0.29, 0.717) is 23.7 Å². The number of carbonyl (C=O) groups is 1. The predicted molar refractivity (Wildman–Crippen MR) is 99.0 cm³/mol. The first-order chi connectivity index (χ1) is 12.3. The zero-order chi connectivity index (χ0) is 18.9. The molecule has 1 aromatic carbocycles. The molecule has 2 N–H and O–H groups in total. The number of hydrogen-bond acceptors (Lipinski definition) is 5. The molecule has 11 heteroatoms. The second-order valence-electron chi connectivity index (χ2n) is 5.94. The number of H-pyrrole nitrogens is 1. The number of aromatic nitrogens is 3. The quantitative estimate of drug-likeness (QED) is 0.726. The molecule has 8 nitrogen and oxygen atoms in total. The molecule has 0 atom stereocenters. The lowest BCUT2D eigenvalue weighted by atomic mass is 10.2. The highest BCUT2D eigenvalue weighted by molar-refractivity contribution is 7.89. The van der Waals surface area contributed by atoms with E-state index in [1.165, 1.54) is 22.5 Å². The first-order valence-electron chi connectivity index (χ1n) is 7.99. The molecule has 0 spiro atoms. The van der Waals surface area contributed by atoms with Crippen LogP contribution in [-0.2, 0) is 23.6 Å². The third kappa shape index (κ3) is 3.68. The highest BCUT2D eigenvalue weighted by atomic mass is 35.5. The van der Waals surface area contributed by atoms with Crippen molar-refractivity contribution < 1.29 is 13.2 Å². The number of amides is 1. The lowest BCUT2D eigenvalue weighted by Gasteiger charge is -2.16. The lowest BCUT2D eigenvalue weighted by molar-refractivity contribution is 0.0949. The number of sulfonamides is 1. The first-order valence-corrected chi connectivity index (χ1v) is 10.2. The smallest absolute Gasteiger partial charge is 0.253 e. The normalized spacial score (nSPS) is 15.3. The number of aromatic amines is 1. The molecule has 3 rings (SSSR count). The van der Waals surface area contributed by atoms with E-state index in [1.54, 1.807) is 11.6 Å². The van der Waals surface area contributed by atoms with E-state index in [4.69, 9.17) is 23.8 Å². The third-order valence-electron chi connectivity index (χ3n) is 4.26. The van der Waals surface area contributed by atoms with E-state index >= 15 is 0 Å². The summed E-state index contributed by atoms with van der Waals surface area (Å²) in [6.45, 7) is 1.11. The van der Waals surface area contributed by atoms with Gasteiger partial charge in [-0.15, -0.1) is 0 Å². The van der Waals surface area contributed by atoms with Gasteiger partial charge in [-0.1, -0.05) is 11.6 Å². The van der Waals surface area contributed by atoms with Crippen molar-refractivity contribution in [2.45, 2.75) is 24.3 Å². The molecule has 1 fully saturated rings. The summed E-state index contributed by atoms with van der Waals surface area (Å²) >= 11 is 11.1. The van der Waals surface area contributed by atoms with Crippen LogP contribution in [0.3, 0.4) is 0 Å². The molecule has 26 heavy (non-hydrogen) atoms. The Balaban J connectivity index is 1.82. The van der Waals surface area contributed by atoms with E-state index < -0.39 is 15.9 Å². The fourth-order valence-electron chi connectivity index (χ4n) is 2.71. The standard InChI is InChI=1S/C15H18ClN5O3S2/c1-20-13(18-19-15(20)25)9-17-14(22)11-8-10(4-5-12(11)16)26(23,24)21-6-2-3-7-21/h4-5,8H,2-3,6-7,9H2,1H3,(H,17,22)(H,19,25). The Kier molecular flexibility index (Phi) is 5.47.